The van der Waals surface area contributed by atoms with E-state index in [1.54, 1.807) is 31.2 Å². The molecule has 2 N–H and O–H groups in total. The topological polar surface area (TPSA) is 95.9 Å². The van der Waals surface area contributed by atoms with Gasteiger partial charge in [0.1, 0.15) is 12.1 Å². The second kappa shape index (κ2) is 8.05. The molecule has 3 atom stereocenters. The lowest BCUT2D eigenvalue weighted by atomic mass is 10.1. The first-order valence-electron chi connectivity index (χ1n) is 7.59. The number of carboxylic acids is 1. The highest BCUT2D eigenvalue weighted by atomic mass is 32.1. The summed E-state index contributed by atoms with van der Waals surface area (Å²) in [6.45, 7) is 1.75. The molecule has 0 aliphatic carbocycles. The Morgan fingerprint density at radius 2 is 2.04 bits per heavy atom. The second-order valence-electron chi connectivity index (χ2n) is 5.68. The van der Waals surface area contributed by atoms with Crippen LogP contribution in [0.15, 0.2) is 30.3 Å². The third kappa shape index (κ3) is 4.41. The summed E-state index contributed by atoms with van der Waals surface area (Å²) in [5.74, 6) is -1.48. The van der Waals surface area contributed by atoms with Crippen LogP contribution in [0.1, 0.15) is 13.3 Å². The number of hydrogen-bond acceptors (Lipinski definition) is 5. The van der Waals surface area contributed by atoms with Gasteiger partial charge in [-0.1, -0.05) is 25.1 Å². The van der Waals surface area contributed by atoms with E-state index < -0.39 is 30.1 Å². The molecule has 0 spiro atoms. The van der Waals surface area contributed by atoms with E-state index in [-0.39, 0.29) is 18.9 Å². The summed E-state index contributed by atoms with van der Waals surface area (Å²) in [7, 11) is 0. The van der Waals surface area contributed by atoms with Gasteiger partial charge >= 0.3 is 12.1 Å². The van der Waals surface area contributed by atoms with Gasteiger partial charge < -0.3 is 14.7 Å². The molecule has 1 aromatic carbocycles. The van der Waals surface area contributed by atoms with Gasteiger partial charge in [-0.25, -0.2) is 9.59 Å². The number of thiol groups is 1. The van der Waals surface area contributed by atoms with Gasteiger partial charge in [0, 0.05) is 23.8 Å². The van der Waals surface area contributed by atoms with Gasteiger partial charge in [-0.3, -0.25) is 10.1 Å². The monoisotopic (exact) mass is 352 g/mol. The molecule has 7 nitrogen and oxygen atoms in total. The fourth-order valence-corrected chi connectivity index (χ4v) is 2.70. The lowest BCUT2D eigenvalue weighted by Gasteiger charge is -2.23. The average molecular weight is 352 g/mol. The number of likely N-dealkylation sites (tertiary alicyclic amines) is 1. The zero-order chi connectivity index (χ0) is 17.7. The molecule has 0 bridgehead atoms. The summed E-state index contributed by atoms with van der Waals surface area (Å²) >= 11 is 4.07. The number of carbonyl (C=O) groups excluding carboxylic acids is 2. The number of hydrogen-bond donors (Lipinski definition) is 3. The summed E-state index contributed by atoms with van der Waals surface area (Å²) in [5.41, 5.74) is 0.576. The van der Waals surface area contributed by atoms with Gasteiger partial charge in [-0.05, 0) is 12.1 Å². The van der Waals surface area contributed by atoms with E-state index in [4.69, 9.17) is 4.74 Å². The molecule has 0 saturated carbocycles. The number of nitrogens with zero attached hydrogens (tertiary/aromatic N) is 1. The molecule has 8 heteroatoms. The maximum Gasteiger partial charge on any atom is 0.411 e. The van der Waals surface area contributed by atoms with E-state index >= 15 is 0 Å². The normalized spacial score (nSPS) is 21.2. The van der Waals surface area contributed by atoms with Crippen molar-refractivity contribution in [3.05, 3.63) is 30.3 Å². The van der Waals surface area contributed by atoms with Gasteiger partial charge in [-0.15, -0.1) is 0 Å². The van der Waals surface area contributed by atoms with Crippen LogP contribution in [0.3, 0.4) is 0 Å². The van der Waals surface area contributed by atoms with E-state index in [2.05, 4.69) is 17.9 Å². The molecule has 2 rings (SSSR count). The Morgan fingerprint density at radius 1 is 1.38 bits per heavy atom. The van der Waals surface area contributed by atoms with Crippen LogP contribution in [0.5, 0.6) is 0 Å². The van der Waals surface area contributed by atoms with Crippen LogP contribution in [0.4, 0.5) is 10.5 Å². The van der Waals surface area contributed by atoms with Crippen LogP contribution in [0, 0.1) is 5.92 Å². The van der Waals surface area contributed by atoms with Crippen LogP contribution in [-0.2, 0) is 14.3 Å². The van der Waals surface area contributed by atoms with Crippen LogP contribution in [0.25, 0.3) is 0 Å². The molecule has 1 heterocycles. The van der Waals surface area contributed by atoms with Crippen LogP contribution >= 0.6 is 12.6 Å². The number of para-hydroxylation sites is 1. The molecule has 0 aromatic heterocycles. The van der Waals surface area contributed by atoms with E-state index in [9.17, 15) is 19.5 Å². The van der Waals surface area contributed by atoms with E-state index in [1.165, 1.54) is 4.90 Å². The van der Waals surface area contributed by atoms with E-state index in [1.807, 2.05) is 6.07 Å². The van der Waals surface area contributed by atoms with Gasteiger partial charge in [0.2, 0.25) is 5.91 Å². The Hall–Kier alpha value is -2.22. The first-order chi connectivity index (χ1) is 11.4. The van der Waals surface area contributed by atoms with Crippen molar-refractivity contribution in [1.29, 1.82) is 0 Å². The molecule has 130 valence electrons. The molecule has 1 saturated heterocycles. The average Bonchev–Trinajstić information content (AvgIpc) is 2.98. The molecule has 0 radical (unpaired) electrons. The maximum absolute atomic E-state index is 12.3. The number of carboxylic acid groups (broad SMARTS) is 1. The predicted octanol–water partition coefficient (Wildman–Crippen LogP) is 1.86. The fraction of sp³-hybridized carbons (Fsp3) is 0.438. The lowest BCUT2D eigenvalue weighted by Crippen LogP contribution is -2.43. The minimum Gasteiger partial charge on any atom is -0.480 e. The number of nitrogens with one attached hydrogen (secondary N) is 1. The highest BCUT2D eigenvalue weighted by molar-refractivity contribution is 7.80. The van der Waals surface area contributed by atoms with Gasteiger partial charge in [0.25, 0.3) is 0 Å². The Labute approximate surface area is 145 Å². The summed E-state index contributed by atoms with van der Waals surface area (Å²) in [4.78, 5) is 36.8. The van der Waals surface area contributed by atoms with Crippen LogP contribution in [0.2, 0.25) is 0 Å². The van der Waals surface area contributed by atoms with E-state index in [0.29, 0.717) is 11.4 Å². The number of rotatable bonds is 5. The molecule has 24 heavy (non-hydrogen) atoms. The minimum atomic E-state index is -1.11. The van der Waals surface area contributed by atoms with Gasteiger partial charge in [0.15, 0.2) is 0 Å². The van der Waals surface area contributed by atoms with Crippen molar-refractivity contribution in [2.24, 2.45) is 5.92 Å². The van der Waals surface area contributed by atoms with Crippen molar-refractivity contribution >= 4 is 36.3 Å². The standard InChI is InChI=1S/C16H20N2O5S/c1-10(9-24)14(19)18-8-12(7-13(18)15(20)21)23-16(22)17-11-5-3-2-4-6-11/h2-6,10,12-13,24H,7-9H2,1H3,(H,17,22)(H,20,21)/t10?,12-,13-/m0/s1. The van der Waals surface area contributed by atoms with Crippen molar-refractivity contribution in [3.63, 3.8) is 0 Å². The molecule has 1 unspecified atom stereocenters. The molecular formula is C16H20N2O5S. The highest BCUT2D eigenvalue weighted by Gasteiger charge is 2.42. The maximum atomic E-state index is 12.3. The lowest BCUT2D eigenvalue weighted by molar-refractivity contribution is -0.149. The molecule has 1 aliphatic heterocycles. The third-order valence-corrected chi connectivity index (χ3v) is 4.37. The second-order valence-corrected chi connectivity index (χ2v) is 6.05. The zero-order valence-electron chi connectivity index (χ0n) is 13.2. The number of benzene rings is 1. The van der Waals surface area contributed by atoms with Crippen molar-refractivity contribution in [1.82, 2.24) is 4.90 Å². The van der Waals surface area contributed by atoms with Crippen molar-refractivity contribution in [2.45, 2.75) is 25.5 Å². The number of amides is 2. The minimum absolute atomic E-state index is 0.0656. The smallest absolute Gasteiger partial charge is 0.411 e. The Morgan fingerprint density at radius 3 is 2.62 bits per heavy atom. The van der Waals surface area contributed by atoms with Crippen molar-refractivity contribution in [3.8, 4) is 0 Å². The zero-order valence-corrected chi connectivity index (χ0v) is 14.1. The molecule has 1 aromatic rings. The summed E-state index contributed by atoms with van der Waals surface area (Å²) in [5, 5.41) is 11.9. The first kappa shape index (κ1) is 18.1. The number of anilines is 1. The van der Waals surface area contributed by atoms with Gasteiger partial charge in [0.05, 0.1) is 6.54 Å². The molecule has 1 fully saturated rings. The summed E-state index contributed by atoms with van der Waals surface area (Å²) in [6, 6.07) is 7.78. The third-order valence-electron chi connectivity index (χ3n) is 3.82. The van der Waals surface area contributed by atoms with E-state index in [0.717, 1.165) is 0 Å². The first-order valence-corrected chi connectivity index (χ1v) is 8.22. The van der Waals surface area contributed by atoms with Gasteiger partial charge in [-0.2, -0.15) is 12.6 Å². The molecule has 2 amide bonds. The summed E-state index contributed by atoms with van der Waals surface area (Å²) in [6.07, 6.45) is -1.26. The van der Waals surface area contributed by atoms with Crippen LogP contribution < -0.4 is 5.32 Å². The quantitative estimate of drug-likeness (QED) is 0.703. The van der Waals surface area contributed by atoms with Crippen molar-refractivity contribution in [2.75, 3.05) is 17.6 Å². The SMILES string of the molecule is CC(CS)C(=O)N1C[C@@H](OC(=O)Nc2ccccc2)C[C@H]1C(=O)O. The Balaban J connectivity index is 1.98. The predicted molar refractivity (Wildman–Crippen MR) is 91.1 cm³/mol. The summed E-state index contributed by atoms with van der Waals surface area (Å²) < 4.78 is 5.26. The molecular weight excluding hydrogens is 332 g/mol. The number of aliphatic carboxylic acids is 1. The van der Waals surface area contributed by atoms with Crippen molar-refractivity contribution < 1.29 is 24.2 Å². The molecule has 1 aliphatic rings. The fourth-order valence-electron chi connectivity index (χ4n) is 2.54. The Bertz CT molecular complexity index is 610. The van der Waals surface area contributed by atoms with Crippen LogP contribution in [-0.4, -0.2) is 52.4 Å². The Kier molecular flexibility index (Phi) is 6.08. The highest BCUT2D eigenvalue weighted by Crippen LogP contribution is 2.23. The largest absolute Gasteiger partial charge is 0.480 e. The number of ether oxygens (including phenoxy) is 1. The number of carbonyl (C=O) groups is 3.